The van der Waals surface area contributed by atoms with E-state index in [1.807, 2.05) is 6.07 Å². The Hall–Kier alpha value is -3.61. The predicted molar refractivity (Wildman–Crippen MR) is 132 cm³/mol. The van der Waals surface area contributed by atoms with E-state index in [2.05, 4.69) is 5.32 Å². The molecule has 0 spiro atoms. The zero-order valence-corrected chi connectivity index (χ0v) is 18.8. The normalized spacial score (nSPS) is 10.7. The number of rotatable bonds is 7. The zero-order valence-electron chi connectivity index (χ0n) is 17.2. The van der Waals surface area contributed by atoms with Crippen molar-refractivity contribution in [3.05, 3.63) is 107 Å². The van der Waals surface area contributed by atoms with Crippen LogP contribution >= 0.6 is 23.4 Å². The van der Waals surface area contributed by atoms with Gasteiger partial charge in [-0.2, -0.15) is 0 Å². The van der Waals surface area contributed by atoms with Crippen LogP contribution in [-0.4, -0.2) is 28.5 Å². The third-order valence-electron chi connectivity index (χ3n) is 5.01. The number of ketones is 1. The van der Waals surface area contributed by atoms with Crippen LogP contribution in [0.2, 0.25) is 5.02 Å². The lowest BCUT2D eigenvalue weighted by Gasteiger charge is -2.11. The molecule has 0 radical (unpaired) electrons. The number of anilines is 1. The number of hydrogen-bond acceptors (Lipinski definition) is 4. The van der Waals surface area contributed by atoms with Crippen molar-refractivity contribution in [1.82, 2.24) is 0 Å². The van der Waals surface area contributed by atoms with E-state index in [0.717, 1.165) is 4.90 Å². The quantitative estimate of drug-likeness (QED) is 0.238. The molecule has 0 aliphatic rings. The smallest absolute Gasteiger partial charge is 0.336 e. The molecule has 0 heterocycles. The van der Waals surface area contributed by atoms with Crippen molar-refractivity contribution in [3.8, 4) is 0 Å². The van der Waals surface area contributed by atoms with Gasteiger partial charge in [-0.1, -0.05) is 41.9 Å². The predicted octanol–water partition coefficient (Wildman–Crippen LogP) is 6.42. The number of Topliss-reactive ketones (excluding diaryl/α,β-unsaturated/α-hetero) is 1. The monoisotopic (exact) mass is 475 g/mol. The molecular weight excluding hydrogens is 458 g/mol. The van der Waals surface area contributed by atoms with E-state index >= 15 is 0 Å². The van der Waals surface area contributed by atoms with E-state index in [9.17, 15) is 19.5 Å². The van der Waals surface area contributed by atoms with Crippen LogP contribution in [0.3, 0.4) is 0 Å². The number of halogens is 1. The fraction of sp³-hybridized carbons (Fsp3) is 0.0385. The van der Waals surface area contributed by atoms with Crippen LogP contribution in [0.15, 0.2) is 89.8 Å². The van der Waals surface area contributed by atoms with Gasteiger partial charge in [-0.15, -0.1) is 11.8 Å². The van der Waals surface area contributed by atoms with E-state index in [1.54, 1.807) is 72.8 Å². The summed E-state index contributed by atoms with van der Waals surface area (Å²) in [5.74, 6) is -1.29. The van der Waals surface area contributed by atoms with Gasteiger partial charge >= 0.3 is 5.97 Å². The molecule has 33 heavy (non-hydrogen) atoms. The standard InChI is InChI=1S/C26H18ClNO4S/c27-18-12-10-16(11-13-18)23(29)15-33-20-7-3-6-19(14-20)28-25(30)21-8-1-4-17-5-2-9-22(24(17)21)26(31)32/h1-14H,15H2,(H,28,30)(H,31,32). The molecule has 0 unspecified atom stereocenters. The van der Waals surface area contributed by atoms with Crippen LogP contribution in [-0.2, 0) is 0 Å². The van der Waals surface area contributed by atoms with Crippen molar-refractivity contribution >= 4 is 57.5 Å². The maximum absolute atomic E-state index is 13.0. The SMILES string of the molecule is O=C(CSc1cccc(NC(=O)c2cccc3cccc(C(=O)O)c23)c1)c1ccc(Cl)cc1. The molecule has 4 rings (SSSR count). The Kier molecular flexibility index (Phi) is 6.77. The lowest BCUT2D eigenvalue weighted by Crippen LogP contribution is -2.13. The highest BCUT2D eigenvalue weighted by atomic mass is 35.5. The molecule has 0 bridgehead atoms. The number of carbonyl (C=O) groups excluding carboxylic acids is 2. The van der Waals surface area contributed by atoms with E-state index in [-0.39, 0.29) is 22.7 Å². The van der Waals surface area contributed by atoms with E-state index in [1.165, 1.54) is 17.8 Å². The van der Waals surface area contributed by atoms with Crippen LogP contribution in [0.1, 0.15) is 31.1 Å². The second kappa shape index (κ2) is 9.90. The summed E-state index contributed by atoms with van der Waals surface area (Å²) in [6.07, 6.45) is 0. The summed E-state index contributed by atoms with van der Waals surface area (Å²) in [6, 6.07) is 23.9. The molecule has 4 aromatic carbocycles. The van der Waals surface area contributed by atoms with Crippen LogP contribution < -0.4 is 5.32 Å². The summed E-state index contributed by atoms with van der Waals surface area (Å²) in [7, 11) is 0. The minimum absolute atomic E-state index is 0.0249. The van der Waals surface area contributed by atoms with Gasteiger partial charge < -0.3 is 10.4 Å². The molecule has 0 fully saturated rings. The van der Waals surface area contributed by atoms with Crippen molar-refractivity contribution in [2.45, 2.75) is 4.90 Å². The number of nitrogens with one attached hydrogen (secondary N) is 1. The summed E-state index contributed by atoms with van der Waals surface area (Å²) < 4.78 is 0. The highest BCUT2D eigenvalue weighted by Crippen LogP contribution is 2.26. The van der Waals surface area contributed by atoms with Crippen molar-refractivity contribution in [2.75, 3.05) is 11.1 Å². The second-order valence-electron chi connectivity index (χ2n) is 7.22. The largest absolute Gasteiger partial charge is 0.478 e. The molecule has 5 nitrogen and oxygen atoms in total. The molecule has 0 aromatic heterocycles. The molecule has 164 valence electrons. The Morgan fingerprint density at radius 3 is 2.21 bits per heavy atom. The summed E-state index contributed by atoms with van der Waals surface area (Å²) in [6.45, 7) is 0. The number of carboxylic acid groups (broad SMARTS) is 1. The maximum atomic E-state index is 13.0. The lowest BCUT2D eigenvalue weighted by molar-refractivity contribution is 0.0698. The number of thioether (sulfide) groups is 1. The average molecular weight is 476 g/mol. The Balaban J connectivity index is 1.51. The molecule has 4 aromatic rings. The third-order valence-corrected chi connectivity index (χ3v) is 6.25. The fourth-order valence-electron chi connectivity index (χ4n) is 3.44. The van der Waals surface area contributed by atoms with Gasteiger partial charge in [0.2, 0.25) is 0 Å². The van der Waals surface area contributed by atoms with Gasteiger partial charge in [0, 0.05) is 32.1 Å². The van der Waals surface area contributed by atoms with Crippen molar-refractivity contribution in [2.24, 2.45) is 0 Å². The number of hydrogen-bond donors (Lipinski definition) is 2. The van der Waals surface area contributed by atoms with E-state index in [4.69, 9.17) is 11.6 Å². The number of carbonyl (C=O) groups is 3. The topological polar surface area (TPSA) is 83.5 Å². The molecule has 1 amide bonds. The van der Waals surface area contributed by atoms with Crippen molar-refractivity contribution in [1.29, 1.82) is 0 Å². The first-order chi connectivity index (χ1) is 15.9. The first-order valence-corrected chi connectivity index (χ1v) is 11.4. The van der Waals surface area contributed by atoms with Crippen LogP contribution in [0.4, 0.5) is 5.69 Å². The van der Waals surface area contributed by atoms with Crippen molar-refractivity contribution < 1.29 is 19.5 Å². The molecule has 0 aliphatic carbocycles. The Bertz CT molecular complexity index is 1360. The third kappa shape index (κ3) is 5.25. The summed E-state index contributed by atoms with van der Waals surface area (Å²) in [5.41, 5.74) is 1.49. The molecular formula is C26H18ClNO4S. The highest BCUT2D eigenvalue weighted by molar-refractivity contribution is 8.00. The van der Waals surface area contributed by atoms with Gasteiger partial charge in [0.25, 0.3) is 5.91 Å². The number of aromatic carboxylic acids is 1. The number of carboxylic acids is 1. The molecule has 7 heteroatoms. The van der Waals surface area contributed by atoms with E-state index < -0.39 is 11.9 Å². The average Bonchev–Trinajstić information content (AvgIpc) is 2.82. The summed E-state index contributed by atoms with van der Waals surface area (Å²) >= 11 is 7.23. The number of benzene rings is 4. The number of amides is 1. The fourth-order valence-corrected chi connectivity index (χ4v) is 4.41. The molecule has 0 aliphatic heterocycles. The van der Waals surface area contributed by atoms with Crippen LogP contribution in [0.5, 0.6) is 0 Å². The Labute approximate surface area is 199 Å². The minimum atomic E-state index is -1.09. The van der Waals surface area contributed by atoms with Gasteiger partial charge in [0.15, 0.2) is 5.78 Å². The lowest BCUT2D eigenvalue weighted by atomic mass is 9.98. The first-order valence-electron chi connectivity index (χ1n) is 10.0. The zero-order chi connectivity index (χ0) is 23.4. The maximum Gasteiger partial charge on any atom is 0.336 e. The van der Waals surface area contributed by atoms with Gasteiger partial charge in [0.1, 0.15) is 0 Å². The molecule has 0 saturated carbocycles. The Morgan fingerprint density at radius 1 is 0.848 bits per heavy atom. The molecule has 0 atom stereocenters. The highest BCUT2D eigenvalue weighted by Gasteiger charge is 2.17. The minimum Gasteiger partial charge on any atom is -0.478 e. The summed E-state index contributed by atoms with van der Waals surface area (Å²) in [4.78, 5) is 37.9. The Morgan fingerprint density at radius 2 is 1.52 bits per heavy atom. The van der Waals surface area contributed by atoms with Crippen LogP contribution in [0, 0.1) is 0 Å². The van der Waals surface area contributed by atoms with Crippen molar-refractivity contribution in [3.63, 3.8) is 0 Å². The second-order valence-corrected chi connectivity index (χ2v) is 8.70. The molecule has 0 saturated heterocycles. The first kappa shape index (κ1) is 22.6. The summed E-state index contributed by atoms with van der Waals surface area (Å²) in [5, 5.41) is 14.0. The van der Waals surface area contributed by atoms with Gasteiger partial charge in [-0.25, -0.2) is 4.79 Å². The molecule has 2 N–H and O–H groups in total. The van der Waals surface area contributed by atoms with Gasteiger partial charge in [-0.05, 0) is 60.0 Å². The van der Waals surface area contributed by atoms with Crippen LogP contribution in [0.25, 0.3) is 10.8 Å². The van der Waals surface area contributed by atoms with Gasteiger partial charge in [-0.3, -0.25) is 9.59 Å². The number of fused-ring (bicyclic) bond motifs is 1. The van der Waals surface area contributed by atoms with Gasteiger partial charge in [0.05, 0.1) is 11.3 Å². The van der Waals surface area contributed by atoms with E-state index in [0.29, 0.717) is 27.0 Å².